The highest BCUT2D eigenvalue weighted by Crippen LogP contribution is 2.50. The first-order chi connectivity index (χ1) is 17.9. The number of imide groups is 3. The van der Waals surface area contributed by atoms with E-state index in [2.05, 4.69) is 4.98 Å². The van der Waals surface area contributed by atoms with Crippen LogP contribution in [0.2, 0.25) is 0 Å². The third kappa shape index (κ3) is 4.46. The fraction of sp³-hybridized carbons (Fsp3) is 0.379. The van der Waals surface area contributed by atoms with Gasteiger partial charge in [0.1, 0.15) is 5.75 Å². The number of para-hydroxylation sites is 1. The van der Waals surface area contributed by atoms with Crippen molar-refractivity contribution in [3.8, 4) is 5.75 Å². The number of amides is 3. The van der Waals surface area contributed by atoms with Crippen LogP contribution in [0.5, 0.6) is 5.75 Å². The van der Waals surface area contributed by atoms with E-state index < -0.39 is 29.7 Å². The van der Waals surface area contributed by atoms with Gasteiger partial charge in [0.05, 0.1) is 37.4 Å². The number of carbonyl (C=O) groups excluding carboxylic acids is 3. The van der Waals surface area contributed by atoms with Gasteiger partial charge in [0.25, 0.3) is 0 Å². The number of allylic oxidation sites excluding steroid dienone is 2. The number of benzene rings is 1. The number of nitrogens with zero attached hydrogens (tertiary/aromatic N) is 2. The van der Waals surface area contributed by atoms with Crippen molar-refractivity contribution in [2.75, 3.05) is 13.7 Å². The summed E-state index contributed by atoms with van der Waals surface area (Å²) in [6.45, 7) is 2.38. The first-order valence-electron chi connectivity index (χ1n) is 12.6. The van der Waals surface area contributed by atoms with Crippen LogP contribution in [0.4, 0.5) is 4.79 Å². The molecule has 37 heavy (non-hydrogen) atoms. The van der Waals surface area contributed by atoms with Gasteiger partial charge in [-0.2, -0.15) is 4.90 Å². The van der Waals surface area contributed by atoms with E-state index in [1.807, 2.05) is 43.3 Å². The van der Waals surface area contributed by atoms with E-state index in [1.165, 1.54) is 7.11 Å². The molecule has 0 radical (unpaired) electrons. The summed E-state index contributed by atoms with van der Waals surface area (Å²) in [5, 5.41) is 10.3. The summed E-state index contributed by atoms with van der Waals surface area (Å²) in [4.78, 5) is 43.5. The van der Waals surface area contributed by atoms with Crippen LogP contribution in [-0.2, 0) is 19.1 Å². The van der Waals surface area contributed by atoms with Gasteiger partial charge in [0.2, 0.25) is 11.8 Å². The summed E-state index contributed by atoms with van der Waals surface area (Å²) in [5.74, 6) is -2.15. The Morgan fingerprint density at radius 2 is 1.95 bits per heavy atom. The van der Waals surface area contributed by atoms with Gasteiger partial charge < -0.3 is 14.6 Å². The number of hydrogen-bond acceptors (Lipinski definition) is 7. The molecule has 2 aliphatic heterocycles. The molecule has 3 heterocycles. The molecule has 0 unspecified atom stereocenters. The number of pyridine rings is 1. The zero-order chi connectivity index (χ0) is 26.1. The molecule has 8 nitrogen and oxygen atoms in total. The molecule has 4 atom stereocenters. The second-order valence-corrected chi connectivity index (χ2v) is 9.64. The molecule has 0 bridgehead atoms. The van der Waals surface area contributed by atoms with Gasteiger partial charge in [-0.15, -0.1) is 0 Å². The van der Waals surface area contributed by atoms with Crippen LogP contribution in [0, 0.1) is 17.8 Å². The third-order valence-corrected chi connectivity index (χ3v) is 7.73. The van der Waals surface area contributed by atoms with Crippen molar-refractivity contribution < 1.29 is 29.0 Å². The Kier molecular flexibility index (Phi) is 6.93. The molecule has 192 valence electrons. The van der Waals surface area contributed by atoms with E-state index in [-0.39, 0.29) is 17.8 Å². The summed E-state index contributed by atoms with van der Waals surface area (Å²) in [6.07, 6.45) is 5.06. The molecule has 2 fully saturated rings. The molecule has 0 spiro atoms. The van der Waals surface area contributed by atoms with Crippen LogP contribution in [0.3, 0.4) is 0 Å². The highest BCUT2D eigenvalue weighted by atomic mass is 16.5. The Bertz CT molecular complexity index is 1280. The van der Waals surface area contributed by atoms with Gasteiger partial charge in [-0.05, 0) is 61.1 Å². The number of carbonyl (C=O) groups is 3. The summed E-state index contributed by atoms with van der Waals surface area (Å²) >= 11 is 0. The third-order valence-electron chi connectivity index (χ3n) is 7.73. The van der Waals surface area contributed by atoms with E-state index >= 15 is 0 Å². The minimum atomic E-state index is -0.922. The average molecular weight is 503 g/mol. The molecule has 8 heteroatoms. The van der Waals surface area contributed by atoms with E-state index in [1.54, 1.807) is 18.3 Å². The van der Waals surface area contributed by atoms with Crippen molar-refractivity contribution >= 4 is 29.6 Å². The predicted octanol–water partition coefficient (Wildman–Crippen LogP) is 4.60. The Morgan fingerprint density at radius 1 is 1.16 bits per heavy atom. The maximum absolute atomic E-state index is 13.2. The van der Waals surface area contributed by atoms with E-state index in [4.69, 9.17) is 9.47 Å². The lowest BCUT2D eigenvalue weighted by Gasteiger charge is -2.31. The molecule has 2 aromatic rings. The van der Waals surface area contributed by atoms with Gasteiger partial charge in [-0.3, -0.25) is 14.6 Å². The fourth-order valence-corrected chi connectivity index (χ4v) is 5.99. The highest BCUT2D eigenvalue weighted by Gasteiger charge is 2.58. The summed E-state index contributed by atoms with van der Waals surface area (Å²) < 4.78 is 11.0. The minimum absolute atomic E-state index is 0.196. The minimum Gasteiger partial charge on any atom is -0.507 e. The summed E-state index contributed by atoms with van der Waals surface area (Å²) in [7, 11) is 1.17. The summed E-state index contributed by atoms with van der Waals surface area (Å²) in [5.41, 5.74) is 4.72. The topological polar surface area (TPSA) is 106 Å². The zero-order valence-corrected chi connectivity index (χ0v) is 20.9. The van der Waals surface area contributed by atoms with Crippen LogP contribution in [-0.4, -0.2) is 52.7 Å². The van der Waals surface area contributed by atoms with Crippen LogP contribution in [0.25, 0.3) is 11.6 Å². The SMILES string of the molecule is CCC1=C2[C@@H](CC/C(=C/c3ccccc3O)c3ccccn3)OC[C@@H]2[C@@H]2C(=O)N(C(=O)OC)C(=O)[C@@H]2C1. The first kappa shape index (κ1) is 24.9. The second kappa shape index (κ2) is 10.3. The normalized spacial score (nSPS) is 25.4. The smallest absolute Gasteiger partial charge is 0.423 e. The molecule has 5 rings (SSSR count). The number of phenolic OH excluding ortho intramolecular Hbond substituents is 1. The second-order valence-electron chi connectivity index (χ2n) is 9.64. The van der Waals surface area contributed by atoms with Gasteiger partial charge in [-0.25, -0.2) is 4.79 Å². The van der Waals surface area contributed by atoms with Crippen molar-refractivity contribution in [1.29, 1.82) is 0 Å². The zero-order valence-electron chi connectivity index (χ0n) is 20.9. The molecular formula is C29H30N2O6. The van der Waals surface area contributed by atoms with Crippen molar-refractivity contribution in [2.45, 2.75) is 38.7 Å². The molecule has 1 aromatic carbocycles. The van der Waals surface area contributed by atoms with E-state index in [0.29, 0.717) is 36.3 Å². The number of fused-ring (bicyclic) bond motifs is 3. The lowest BCUT2D eigenvalue weighted by molar-refractivity contribution is -0.137. The molecular weight excluding hydrogens is 472 g/mol. The van der Waals surface area contributed by atoms with E-state index in [9.17, 15) is 19.5 Å². The standard InChI is InChI=1S/C29H30N2O6/c1-3-17-15-20-26(28(34)31(27(20)33)29(35)36-2)21-16-37-24(25(17)21)12-11-18(22-9-6-7-13-30-22)14-19-8-4-5-10-23(19)32/h4-10,13-14,20-21,24,26,32H,3,11-12,15-16H2,1-2H3/b18-14-/t20-,21+,24-,26-/m1/s1. The lowest BCUT2D eigenvalue weighted by Crippen LogP contribution is -2.38. The average Bonchev–Trinajstić information content (AvgIpc) is 3.45. The summed E-state index contributed by atoms with van der Waals surface area (Å²) in [6, 6.07) is 12.9. The van der Waals surface area contributed by atoms with Crippen LogP contribution in [0.15, 0.2) is 59.8 Å². The van der Waals surface area contributed by atoms with Gasteiger partial charge in [-0.1, -0.05) is 36.8 Å². The first-order valence-corrected chi connectivity index (χ1v) is 12.6. The fourth-order valence-electron chi connectivity index (χ4n) is 5.99. The number of phenols is 1. The molecule has 0 saturated carbocycles. The van der Waals surface area contributed by atoms with Crippen molar-refractivity contribution in [1.82, 2.24) is 9.88 Å². The van der Waals surface area contributed by atoms with Crippen LogP contribution in [0.1, 0.15) is 43.9 Å². The number of methoxy groups -OCH3 is 1. The maximum atomic E-state index is 13.2. The quantitative estimate of drug-likeness (QED) is 0.454. The number of aromatic nitrogens is 1. The Balaban J connectivity index is 1.42. The Hall–Kier alpha value is -3.78. The number of ether oxygens (including phenoxy) is 2. The van der Waals surface area contributed by atoms with Crippen molar-refractivity contribution in [3.63, 3.8) is 0 Å². The molecule has 1 N–H and O–H groups in total. The Morgan fingerprint density at radius 3 is 2.65 bits per heavy atom. The van der Waals surface area contributed by atoms with Crippen molar-refractivity contribution in [2.24, 2.45) is 17.8 Å². The predicted molar refractivity (Wildman–Crippen MR) is 136 cm³/mol. The molecule has 1 aliphatic carbocycles. The van der Waals surface area contributed by atoms with Gasteiger partial charge >= 0.3 is 6.09 Å². The molecule has 3 amide bonds. The maximum Gasteiger partial charge on any atom is 0.423 e. The number of likely N-dealkylation sites (tertiary alicyclic amines) is 1. The van der Waals surface area contributed by atoms with Crippen LogP contribution >= 0.6 is 0 Å². The van der Waals surface area contributed by atoms with Crippen LogP contribution < -0.4 is 0 Å². The van der Waals surface area contributed by atoms with Gasteiger partial charge in [0.15, 0.2) is 0 Å². The van der Waals surface area contributed by atoms with Gasteiger partial charge in [0, 0.05) is 17.7 Å². The number of aromatic hydroxyl groups is 1. The van der Waals surface area contributed by atoms with E-state index in [0.717, 1.165) is 28.8 Å². The number of rotatable bonds is 6. The van der Waals surface area contributed by atoms with Crippen molar-refractivity contribution in [3.05, 3.63) is 71.1 Å². The highest BCUT2D eigenvalue weighted by molar-refractivity contribution is 6.16. The molecule has 3 aliphatic rings. The largest absolute Gasteiger partial charge is 0.507 e. The molecule has 1 aromatic heterocycles. The lowest BCUT2D eigenvalue weighted by atomic mass is 9.69. The molecule has 2 saturated heterocycles. The monoisotopic (exact) mass is 502 g/mol. The Labute approximate surface area is 215 Å². The number of hydrogen-bond donors (Lipinski definition) is 1.